The summed E-state index contributed by atoms with van der Waals surface area (Å²) in [6, 6.07) is 0. The number of rotatable bonds is 2. The molecule has 0 aromatic heterocycles. The molecule has 0 bridgehead atoms. The largest absolute Gasteiger partial charge is 0.481 e. The van der Waals surface area contributed by atoms with Crippen LogP contribution < -0.4 is 0 Å². The normalized spacial score (nSPS) is 59.2. The molecular weight excluding hydrogens is 428 g/mol. The molecular formula is C29H48O5. The quantitative estimate of drug-likeness (QED) is 0.468. The summed E-state index contributed by atoms with van der Waals surface area (Å²) in [7, 11) is 0. The number of aliphatic carboxylic acids is 1. The number of carboxylic acids is 1. The molecule has 5 rings (SSSR count). The predicted octanol–water partition coefficient (Wildman–Crippen LogP) is 4.58. The molecule has 5 nitrogen and oxygen atoms in total. The third-order valence-corrected chi connectivity index (χ3v) is 13.1. The first-order valence-corrected chi connectivity index (χ1v) is 14.1. The van der Waals surface area contributed by atoms with E-state index in [0.29, 0.717) is 47.8 Å². The molecule has 0 aromatic rings. The summed E-state index contributed by atoms with van der Waals surface area (Å²) in [5, 5.41) is 42.2. The third kappa shape index (κ3) is 3.18. The summed E-state index contributed by atoms with van der Waals surface area (Å²) in [6.45, 7) is 11.4. The highest BCUT2D eigenvalue weighted by Gasteiger charge is 2.67. The van der Waals surface area contributed by atoms with Gasteiger partial charge in [-0.3, -0.25) is 4.79 Å². The lowest BCUT2D eigenvalue weighted by Crippen LogP contribution is -2.66. The topological polar surface area (TPSA) is 98.0 Å². The van der Waals surface area contributed by atoms with Crippen LogP contribution in [-0.2, 0) is 4.79 Å². The Morgan fingerprint density at radius 1 is 0.912 bits per heavy atom. The van der Waals surface area contributed by atoms with Crippen molar-refractivity contribution in [3.05, 3.63) is 0 Å². The molecule has 5 heteroatoms. The first-order chi connectivity index (χ1) is 15.9. The van der Waals surface area contributed by atoms with Crippen LogP contribution in [0.25, 0.3) is 0 Å². The number of aliphatic hydroxyl groups excluding tert-OH is 3. The molecule has 5 aliphatic rings. The lowest BCUT2D eigenvalue weighted by molar-refractivity contribution is -0.244. The Morgan fingerprint density at radius 2 is 1.53 bits per heavy atom. The SMILES string of the molecule is C[C@@H]1C[C@@H](C(=O)O)C2CC[C@]3(C)C(CCC4C3CCC3[C@]4(C)C[C@@H](O)[C@H](O)[C@@]3(C)CO)C2[C@H]1C. The minimum Gasteiger partial charge on any atom is -0.481 e. The Hall–Kier alpha value is -0.650. The minimum absolute atomic E-state index is 0.0844. The van der Waals surface area contributed by atoms with Crippen molar-refractivity contribution >= 4 is 5.97 Å². The van der Waals surface area contributed by atoms with Crippen LogP contribution in [-0.4, -0.2) is 45.2 Å². The van der Waals surface area contributed by atoms with Crippen LogP contribution >= 0.6 is 0 Å². The van der Waals surface area contributed by atoms with E-state index in [9.17, 15) is 25.2 Å². The van der Waals surface area contributed by atoms with E-state index in [-0.39, 0.29) is 29.3 Å². The van der Waals surface area contributed by atoms with Gasteiger partial charge in [-0.05, 0) is 110 Å². The fourth-order valence-electron chi connectivity index (χ4n) is 11.3. The molecule has 0 aliphatic heterocycles. The summed E-state index contributed by atoms with van der Waals surface area (Å²) in [4.78, 5) is 12.2. The Kier molecular flexibility index (Phi) is 6.02. The summed E-state index contributed by atoms with van der Waals surface area (Å²) >= 11 is 0. The lowest BCUT2D eigenvalue weighted by atomic mass is 9.36. The van der Waals surface area contributed by atoms with Gasteiger partial charge in [0.15, 0.2) is 0 Å². The van der Waals surface area contributed by atoms with Crippen LogP contribution in [0.2, 0.25) is 0 Å². The highest BCUT2D eigenvalue weighted by atomic mass is 16.4. The molecule has 0 radical (unpaired) electrons. The Bertz CT molecular complexity index is 814. The van der Waals surface area contributed by atoms with Crippen molar-refractivity contribution in [3.8, 4) is 0 Å². The smallest absolute Gasteiger partial charge is 0.306 e. The van der Waals surface area contributed by atoms with Crippen LogP contribution in [0.1, 0.15) is 86.0 Å². The van der Waals surface area contributed by atoms with Crippen molar-refractivity contribution in [2.45, 2.75) is 98.2 Å². The van der Waals surface area contributed by atoms with E-state index < -0.39 is 23.6 Å². The zero-order valence-electron chi connectivity index (χ0n) is 21.9. The van der Waals surface area contributed by atoms with Gasteiger partial charge in [0.05, 0.1) is 24.7 Å². The second-order valence-corrected chi connectivity index (χ2v) is 14.2. The molecule has 0 heterocycles. The Morgan fingerprint density at radius 3 is 2.18 bits per heavy atom. The zero-order valence-corrected chi connectivity index (χ0v) is 21.9. The van der Waals surface area contributed by atoms with Crippen LogP contribution in [0.3, 0.4) is 0 Å². The van der Waals surface area contributed by atoms with Crippen LogP contribution in [0.5, 0.6) is 0 Å². The number of fused-ring (bicyclic) bond motifs is 7. The molecule has 6 unspecified atom stereocenters. The van der Waals surface area contributed by atoms with E-state index >= 15 is 0 Å². The minimum atomic E-state index is -0.869. The molecule has 0 amide bonds. The number of carbonyl (C=O) groups is 1. The van der Waals surface area contributed by atoms with Crippen molar-refractivity contribution in [1.82, 2.24) is 0 Å². The second-order valence-electron chi connectivity index (χ2n) is 14.2. The third-order valence-electron chi connectivity index (χ3n) is 13.1. The first-order valence-electron chi connectivity index (χ1n) is 14.1. The van der Waals surface area contributed by atoms with Crippen molar-refractivity contribution in [2.24, 2.45) is 69.5 Å². The van der Waals surface area contributed by atoms with Gasteiger partial charge in [0.1, 0.15) is 0 Å². The van der Waals surface area contributed by atoms with Gasteiger partial charge >= 0.3 is 5.97 Å². The van der Waals surface area contributed by atoms with E-state index in [1.54, 1.807) is 0 Å². The number of carboxylic acid groups (broad SMARTS) is 1. The van der Waals surface area contributed by atoms with Gasteiger partial charge in [-0.15, -0.1) is 0 Å². The summed E-state index contributed by atoms with van der Waals surface area (Å²) < 4.78 is 0. The molecule has 5 fully saturated rings. The van der Waals surface area contributed by atoms with Crippen molar-refractivity contribution in [2.75, 3.05) is 6.61 Å². The maximum Gasteiger partial charge on any atom is 0.306 e. The summed E-state index contributed by atoms with van der Waals surface area (Å²) in [5.74, 6) is 2.92. The van der Waals surface area contributed by atoms with Gasteiger partial charge in [-0.25, -0.2) is 0 Å². The monoisotopic (exact) mass is 476 g/mol. The Balaban J connectivity index is 1.49. The molecule has 14 atom stereocenters. The van der Waals surface area contributed by atoms with E-state index in [1.807, 2.05) is 6.92 Å². The van der Waals surface area contributed by atoms with Crippen molar-refractivity contribution in [3.63, 3.8) is 0 Å². The van der Waals surface area contributed by atoms with Crippen LogP contribution in [0.4, 0.5) is 0 Å². The lowest BCUT2D eigenvalue weighted by Gasteiger charge is -2.69. The molecule has 5 saturated carbocycles. The molecule has 194 valence electrons. The van der Waals surface area contributed by atoms with E-state index in [0.717, 1.165) is 44.9 Å². The fourth-order valence-corrected chi connectivity index (χ4v) is 11.3. The summed E-state index contributed by atoms with van der Waals surface area (Å²) in [6.07, 6.45) is 6.35. The van der Waals surface area contributed by atoms with Gasteiger partial charge in [0, 0.05) is 5.41 Å². The maximum absolute atomic E-state index is 12.2. The van der Waals surface area contributed by atoms with Crippen molar-refractivity contribution in [1.29, 1.82) is 0 Å². The molecule has 0 spiro atoms. The molecule has 4 N–H and O–H groups in total. The number of hydrogen-bond acceptors (Lipinski definition) is 4. The number of hydrogen-bond donors (Lipinski definition) is 4. The maximum atomic E-state index is 12.2. The van der Waals surface area contributed by atoms with Gasteiger partial charge in [0.25, 0.3) is 0 Å². The zero-order chi connectivity index (χ0) is 24.8. The van der Waals surface area contributed by atoms with Gasteiger partial charge in [-0.2, -0.15) is 0 Å². The average Bonchev–Trinajstić information content (AvgIpc) is 2.79. The predicted molar refractivity (Wildman–Crippen MR) is 131 cm³/mol. The molecule has 5 aliphatic carbocycles. The van der Waals surface area contributed by atoms with Crippen LogP contribution in [0.15, 0.2) is 0 Å². The molecule has 34 heavy (non-hydrogen) atoms. The van der Waals surface area contributed by atoms with Gasteiger partial charge in [-0.1, -0.05) is 34.6 Å². The molecule has 0 saturated heterocycles. The van der Waals surface area contributed by atoms with E-state index in [4.69, 9.17) is 0 Å². The standard InChI is InChI=1S/C29H48O5/c1-15-12-18(26(33)34)17-10-11-27(3)19-8-9-23-28(4,13-22(31)25(32)29(23,5)14-30)20(19)6-7-21(27)24(17)16(15)2/h15-25,30-32H,6-14H2,1-5H3,(H,33,34)/t15-,16+,17?,18-,19?,20?,21?,22-,23?,24?,25+,27+,28-,29+/m1/s1. The van der Waals surface area contributed by atoms with Gasteiger partial charge < -0.3 is 20.4 Å². The Labute approximate surface area is 205 Å². The molecule has 0 aromatic carbocycles. The van der Waals surface area contributed by atoms with Crippen LogP contribution in [0, 0.1) is 69.5 Å². The fraction of sp³-hybridized carbons (Fsp3) is 0.966. The van der Waals surface area contributed by atoms with Crippen molar-refractivity contribution < 1.29 is 25.2 Å². The number of aliphatic hydroxyl groups is 3. The van der Waals surface area contributed by atoms with Gasteiger partial charge in [0.2, 0.25) is 0 Å². The van der Waals surface area contributed by atoms with E-state index in [2.05, 4.69) is 27.7 Å². The summed E-state index contributed by atoms with van der Waals surface area (Å²) in [5.41, 5.74) is -0.531. The average molecular weight is 477 g/mol. The second kappa shape index (κ2) is 8.18. The highest BCUT2D eigenvalue weighted by molar-refractivity contribution is 5.70. The first kappa shape index (κ1) is 25.0. The highest BCUT2D eigenvalue weighted by Crippen LogP contribution is 2.71. The van der Waals surface area contributed by atoms with E-state index in [1.165, 1.54) is 0 Å².